The number of pyridine rings is 1. The van der Waals surface area contributed by atoms with Gasteiger partial charge in [-0.25, -0.2) is 4.39 Å². The molecule has 0 spiro atoms. The lowest BCUT2D eigenvalue weighted by atomic mass is 9.93. The van der Waals surface area contributed by atoms with Crippen molar-refractivity contribution in [2.24, 2.45) is 0 Å². The van der Waals surface area contributed by atoms with Crippen LogP contribution in [0.1, 0.15) is 41.3 Å². The maximum atomic E-state index is 14.0. The van der Waals surface area contributed by atoms with E-state index in [1.165, 1.54) is 14.7 Å². The molecule has 0 radical (unpaired) electrons. The van der Waals surface area contributed by atoms with Crippen molar-refractivity contribution in [3.8, 4) is 0 Å². The van der Waals surface area contributed by atoms with E-state index >= 15 is 0 Å². The SMILES string of the molecule is Cc1cc(Cc2ccccc2F)cc([C@H]2CCCN(S(=O)(=O)N(C)C)C2)n1. The van der Waals surface area contributed by atoms with Crippen LogP contribution in [0.3, 0.4) is 0 Å². The Labute approximate surface area is 161 Å². The van der Waals surface area contributed by atoms with E-state index in [9.17, 15) is 12.8 Å². The van der Waals surface area contributed by atoms with Crippen molar-refractivity contribution in [3.05, 3.63) is 64.7 Å². The Kier molecular flexibility index (Phi) is 5.93. The highest BCUT2D eigenvalue weighted by molar-refractivity contribution is 7.86. The molecule has 1 atom stereocenters. The minimum Gasteiger partial charge on any atom is -0.258 e. The molecule has 27 heavy (non-hydrogen) atoms. The van der Waals surface area contributed by atoms with Gasteiger partial charge in [-0.3, -0.25) is 4.98 Å². The standard InChI is InChI=1S/C20H26FN3O2S/c1-15-11-16(12-17-7-4-5-9-19(17)21)13-20(22-15)18-8-6-10-24(14-18)27(25,26)23(2)3/h4-5,7,9,11,13,18H,6,8,10,12,14H2,1-3H3/t18-/m0/s1. The summed E-state index contributed by atoms with van der Waals surface area (Å²) in [5.41, 5.74) is 3.40. The summed E-state index contributed by atoms with van der Waals surface area (Å²) in [6.07, 6.45) is 2.19. The van der Waals surface area contributed by atoms with Gasteiger partial charge in [0.1, 0.15) is 5.82 Å². The first-order valence-corrected chi connectivity index (χ1v) is 10.6. The normalized spacial score (nSPS) is 18.8. The smallest absolute Gasteiger partial charge is 0.258 e. The van der Waals surface area contributed by atoms with E-state index in [0.717, 1.165) is 29.8 Å². The molecule has 0 bridgehead atoms. The largest absolute Gasteiger partial charge is 0.281 e. The fourth-order valence-electron chi connectivity index (χ4n) is 3.57. The summed E-state index contributed by atoms with van der Waals surface area (Å²) in [6, 6.07) is 10.7. The Morgan fingerprint density at radius 3 is 2.70 bits per heavy atom. The molecule has 0 aliphatic carbocycles. The molecule has 5 nitrogen and oxygen atoms in total. The molecule has 0 N–H and O–H groups in total. The number of rotatable bonds is 5. The van der Waals surface area contributed by atoms with Gasteiger partial charge in [-0.1, -0.05) is 18.2 Å². The van der Waals surface area contributed by atoms with Crippen molar-refractivity contribution in [3.63, 3.8) is 0 Å². The molecule has 3 rings (SSSR count). The van der Waals surface area contributed by atoms with Gasteiger partial charge in [-0.2, -0.15) is 17.0 Å². The number of hydrogen-bond acceptors (Lipinski definition) is 3. The van der Waals surface area contributed by atoms with E-state index in [-0.39, 0.29) is 11.7 Å². The molecule has 146 valence electrons. The average molecular weight is 392 g/mol. The second-order valence-electron chi connectivity index (χ2n) is 7.30. The minimum absolute atomic E-state index is 0.0488. The van der Waals surface area contributed by atoms with Gasteiger partial charge in [0.05, 0.1) is 0 Å². The predicted octanol–water partition coefficient (Wildman–Crippen LogP) is 3.11. The molecule has 2 aromatic rings. The van der Waals surface area contributed by atoms with Crippen LogP contribution in [-0.2, 0) is 16.6 Å². The topological polar surface area (TPSA) is 53.5 Å². The van der Waals surface area contributed by atoms with Gasteiger partial charge in [-0.15, -0.1) is 0 Å². The third kappa shape index (κ3) is 4.54. The third-order valence-corrected chi connectivity index (χ3v) is 6.88. The van der Waals surface area contributed by atoms with Crippen molar-refractivity contribution < 1.29 is 12.8 Å². The fourth-order valence-corrected chi connectivity index (χ4v) is 4.76. The van der Waals surface area contributed by atoms with Crippen LogP contribution in [0.25, 0.3) is 0 Å². The van der Waals surface area contributed by atoms with Crippen molar-refractivity contribution in [2.45, 2.75) is 32.1 Å². The number of benzene rings is 1. The second-order valence-corrected chi connectivity index (χ2v) is 9.44. The molecule has 1 aromatic carbocycles. The molecule has 7 heteroatoms. The maximum Gasteiger partial charge on any atom is 0.281 e. The van der Waals surface area contributed by atoms with Gasteiger partial charge in [0.2, 0.25) is 0 Å². The molecular weight excluding hydrogens is 365 g/mol. The maximum absolute atomic E-state index is 14.0. The zero-order chi connectivity index (χ0) is 19.6. The highest BCUT2D eigenvalue weighted by Gasteiger charge is 2.31. The molecule has 1 fully saturated rings. The molecule has 1 aliphatic heterocycles. The van der Waals surface area contributed by atoms with E-state index in [4.69, 9.17) is 0 Å². The molecule has 1 saturated heterocycles. The van der Waals surface area contributed by atoms with Gasteiger partial charge >= 0.3 is 0 Å². The highest BCUT2D eigenvalue weighted by Crippen LogP contribution is 2.29. The summed E-state index contributed by atoms with van der Waals surface area (Å²) in [6.45, 7) is 2.88. The van der Waals surface area contributed by atoms with Gasteiger partial charge in [0.25, 0.3) is 10.2 Å². The first-order valence-electron chi connectivity index (χ1n) is 9.16. The minimum atomic E-state index is -3.43. The monoisotopic (exact) mass is 391 g/mol. The summed E-state index contributed by atoms with van der Waals surface area (Å²) in [5, 5.41) is 0. The highest BCUT2D eigenvalue weighted by atomic mass is 32.2. The summed E-state index contributed by atoms with van der Waals surface area (Å²) in [5.74, 6) is -0.165. The van der Waals surface area contributed by atoms with Crippen LogP contribution in [0, 0.1) is 12.7 Å². The first-order chi connectivity index (χ1) is 12.8. The molecular formula is C20H26FN3O2S. The number of nitrogens with zero attached hydrogens (tertiary/aromatic N) is 3. The van der Waals surface area contributed by atoms with Gasteiger partial charge in [0, 0.05) is 50.9 Å². The van der Waals surface area contributed by atoms with Crippen LogP contribution < -0.4 is 0 Å². The summed E-state index contributed by atoms with van der Waals surface area (Å²) >= 11 is 0. The van der Waals surface area contributed by atoms with Crippen LogP contribution in [0.5, 0.6) is 0 Å². The van der Waals surface area contributed by atoms with Crippen LogP contribution >= 0.6 is 0 Å². The molecule has 1 aliphatic rings. The van der Waals surface area contributed by atoms with E-state index in [1.54, 1.807) is 26.2 Å². The predicted molar refractivity (Wildman–Crippen MR) is 104 cm³/mol. The Bertz CT molecular complexity index is 915. The third-order valence-electron chi connectivity index (χ3n) is 4.98. The van der Waals surface area contributed by atoms with E-state index in [0.29, 0.717) is 25.1 Å². The van der Waals surface area contributed by atoms with Crippen molar-refractivity contribution in [1.82, 2.24) is 13.6 Å². The second kappa shape index (κ2) is 8.04. The Morgan fingerprint density at radius 1 is 1.26 bits per heavy atom. The van der Waals surface area contributed by atoms with Crippen LogP contribution in [-0.4, -0.2) is 49.2 Å². The molecule has 1 aromatic heterocycles. The molecule has 0 saturated carbocycles. The lowest BCUT2D eigenvalue weighted by Gasteiger charge is -2.33. The number of piperidine rings is 1. The summed E-state index contributed by atoms with van der Waals surface area (Å²) in [7, 11) is -0.322. The zero-order valence-electron chi connectivity index (χ0n) is 16.0. The molecule has 2 heterocycles. The Balaban J connectivity index is 1.84. The number of aryl methyl sites for hydroxylation is 1. The van der Waals surface area contributed by atoms with E-state index in [2.05, 4.69) is 4.98 Å². The van der Waals surface area contributed by atoms with Gasteiger partial charge in [-0.05, 0) is 49.1 Å². The van der Waals surface area contributed by atoms with Crippen LogP contribution in [0.2, 0.25) is 0 Å². The molecule has 0 amide bonds. The van der Waals surface area contributed by atoms with Crippen LogP contribution in [0.15, 0.2) is 36.4 Å². The lowest BCUT2D eigenvalue weighted by molar-refractivity contribution is 0.296. The van der Waals surface area contributed by atoms with E-state index in [1.807, 2.05) is 25.1 Å². The number of halogens is 1. The Morgan fingerprint density at radius 2 is 2.00 bits per heavy atom. The van der Waals surface area contributed by atoms with Crippen molar-refractivity contribution in [2.75, 3.05) is 27.2 Å². The van der Waals surface area contributed by atoms with Gasteiger partial charge in [0.15, 0.2) is 0 Å². The fraction of sp³-hybridized carbons (Fsp3) is 0.450. The summed E-state index contributed by atoms with van der Waals surface area (Å²) in [4.78, 5) is 4.65. The number of aromatic nitrogens is 1. The van der Waals surface area contributed by atoms with Crippen molar-refractivity contribution in [1.29, 1.82) is 0 Å². The summed E-state index contributed by atoms with van der Waals surface area (Å²) < 4.78 is 41.7. The zero-order valence-corrected chi connectivity index (χ0v) is 16.8. The lowest BCUT2D eigenvalue weighted by Crippen LogP contribution is -2.45. The Hall–Kier alpha value is -1.83. The number of hydrogen-bond donors (Lipinski definition) is 0. The van der Waals surface area contributed by atoms with Crippen molar-refractivity contribution >= 4 is 10.2 Å². The first kappa shape index (κ1) is 19.9. The quantitative estimate of drug-likeness (QED) is 0.787. The van der Waals surface area contributed by atoms with Gasteiger partial charge < -0.3 is 0 Å². The average Bonchev–Trinajstić information content (AvgIpc) is 2.63. The molecule has 0 unspecified atom stereocenters. The van der Waals surface area contributed by atoms with Crippen LogP contribution in [0.4, 0.5) is 4.39 Å². The van der Waals surface area contributed by atoms with E-state index < -0.39 is 10.2 Å².